The van der Waals surface area contributed by atoms with Gasteiger partial charge in [-0.1, -0.05) is 25.7 Å². The van der Waals surface area contributed by atoms with Crippen molar-refractivity contribution in [1.29, 1.82) is 0 Å². The van der Waals surface area contributed by atoms with Crippen molar-refractivity contribution in [3.05, 3.63) is 0 Å². The van der Waals surface area contributed by atoms with Gasteiger partial charge in [-0.15, -0.1) is 0 Å². The van der Waals surface area contributed by atoms with Crippen LogP contribution >= 0.6 is 38.0 Å². The molecule has 5 atom stereocenters. The predicted octanol–water partition coefficient (Wildman–Crippen LogP) is -17.5. The van der Waals surface area contributed by atoms with E-state index in [1.165, 1.54) is 4.90 Å². The average molecular weight is 795 g/mol. The van der Waals surface area contributed by atoms with Gasteiger partial charge >= 0.3 is 148 Å². The van der Waals surface area contributed by atoms with E-state index >= 15 is 0 Å². The zero-order valence-electron chi connectivity index (χ0n) is 26.9. The number of unbranched alkanes of at least 4 members (excludes halogenated alkanes) is 6. The topological polar surface area (TPSA) is 312 Å². The van der Waals surface area contributed by atoms with Crippen molar-refractivity contribution >= 4 is 38.0 Å². The quantitative estimate of drug-likeness (QED) is 0.0344. The van der Waals surface area contributed by atoms with Crippen molar-refractivity contribution in [3.63, 3.8) is 0 Å². The van der Waals surface area contributed by atoms with Gasteiger partial charge in [0.05, 0.1) is 31.4 Å². The van der Waals surface area contributed by atoms with Gasteiger partial charge in [-0.2, -0.15) is 0 Å². The summed E-state index contributed by atoms with van der Waals surface area (Å²) in [6, 6.07) is 0. The molecule has 0 aromatic rings. The first-order valence-electron chi connectivity index (χ1n) is 12.3. The number of hydrogen-bond acceptors (Lipinski definition) is 13. The van der Waals surface area contributed by atoms with Gasteiger partial charge in [0.1, 0.15) is 38.0 Å². The summed E-state index contributed by atoms with van der Waals surface area (Å²) in [5.74, 6) is 0. The van der Waals surface area contributed by atoms with Gasteiger partial charge in [-0.05, 0) is 51.9 Å². The zero-order chi connectivity index (χ0) is 31.3. The smallest absolute Gasteiger partial charge is 0.778 e. The Labute approximate surface area is 375 Å². The molecule has 0 aliphatic heterocycles. The van der Waals surface area contributed by atoms with E-state index in [0.29, 0.717) is 51.4 Å². The van der Waals surface area contributed by atoms with Crippen LogP contribution in [0.4, 0.5) is 0 Å². The molecule has 0 aliphatic rings. The second kappa shape index (κ2) is 30.9. The molecule has 0 rings (SSSR count). The molecule has 0 saturated carbocycles. The molecular formula is C17H39N3Na5O15P5. The molecule has 242 valence electrons. The van der Waals surface area contributed by atoms with Crippen molar-refractivity contribution in [1.82, 2.24) is 14.7 Å². The number of nitrogens with zero attached hydrogens (tertiary/aromatic N) is 3. The molecule has 0 aliphatic carbocycles. The number of rotatable bonds is 24. The fraction of sp³-hybridized carbons (Fsp3) is 1.00. The molecule has 0 aromatic carbocycles. The van der Waals surface area contributed by atoms with Crippen LogP contribution in [0.5, 0.6) is 0 Å². The van der Waals surface area contributed by atoms with Crippen LogP contribution in [-0.2, 0) is 22.8 Å². The SMILES string of the molecule is O=P([O-])(O)CN(CCCCCCN(CP(=O)([O-])O)CP(=O)([O-])O)CCCCCCN(CP(=O)([O-])O)CP(=O)([O-])O.[Na+].[Na+].[Na+].[Na+].[Na+]. The molecule has 0 fully saturated rings. The summed E-state index contributed by atoms with van der Waals surface area (Å²) in [6.45, 7) is 0.492. The molecule has 0 spiro atoms. The van der Waals surface area contributed by atoms with Crippen LogP contribution in [0.3, 0.4) is 0 Å². The Morgan fingerprint density at radius 2 is 0.489 bits per heavy atom. The van der Waals surface area contributed by atoms with Gasteiger partial charge in [-0.3, -0.25) is 14.7 Å². The maximum atomic E-state index is 11.4. The molecule has 45 heavy (non-hydrogen) atoms. The molecule has 5 unspecified atom stereocenters. The summed E-state index contributed by atoms with van der Waals surface area (Å²) >= 11 is 0. The van der Waals surface area contributed by atoms with E-state index in [1.54, 1.807) is 0 Å². The first kappa shape index (κ1) is 62.6. The first-order chi connectivity index (χ1) is 17.9. The largest absolute Gasteiger partial charge is 1.00 e. The van der Waals surface area contributed by atoms with E-state index in [4.69, 9.17) is 19.6 Å². The van der Waals surface area contributed by atoms with Crippen molar-refractivity contribution < 1.29 is 220 Å². The molecular weight excluding hydrogens is 756 g/mol. The Balaban J connectivity index is -0.000000760. The summed E-state index contributed by atoms with van der Waals surface area (Å²) in [5, 5.41) is 0. The van der Waals surface area contributed by atoms with Crippen LogP contribution in [0.25, 0.3) is 0 Å². The molecule has 18 nitrogen and oxygen atoms in total. The third-order valence-corrected chi connectivity index (χ3v) is 9.08. The second-order valence-corrected chi connectivity index (χ2v) is 17.4. The van der Waals surface area contributed by atoms with Gasteiger partial charge in [0.25, 0.3) is 0 Å². The minimum Gasteiger partial charge on any atom is -0.778 e. The van der Waals surface area contributed by atoms with Crippen LogP contribution in [0.2, 0.25) is 0 Å². The fourth-order valence-corrected chi connectivity index (χ4v) is 8.03. The Bertz CT molecular complexity index is 869. The van der Waals surface area contributed by atoms with Crippen LogP contribution in [-0.4, -0.2) is 96.8 Å². The van der Waals surface area contributed by atoms with Crippen LogP contribution in [0.15, 0.2) is 0 Å². The van der Waals surface area contributed by atoms with E-state index in [9.17, 15) is 52.2 Å². The monoisotopic (exact) mass is 795 g/mol. The molecule has 5 N–H and O–H groups in total. The minimum absolute atomic E-state index is 0. The third kappa shape index (κ3) is 47.6. The van der Waals surface area contributed by atoms with Crippen molar-refractivity contribution in [2.24, 2.45) is 0 Å². The van der Waals surface area contributed by atoms with Crippen molar-refractivity contribution in [2.75, 3.05) is 57.6 Å². The summed E-state index contributed by atoms with van der Waals surface area (Å²) in [7, 11) is -23.8. The van der Waals surface area contributed by atoms with Gasteiger partial charge in [0, 0.05) is 0 Å². The van der Waals surface area contributed by atoms with Crippen LogP contribution in [0.1, 0.15) is 51.4 Å². The van der Waals surface area contributed by atoms with Crippen molar-refractivity contribution in [3.8, 4) is 0 Å². The summed E-state index contributed by atoms with van der Waals surface area (Å²) in [6.07, 6.45) is -0.663. The molecule has 28 heteroatoms. The molecule has 0 aromatic heterocycles. The summed E-state index contributed by atoms with van der Waals surface area (Å²) in [4.78, 5) is 104. The molecule has 0 bridgehead atoms. The Hall–Kier alpha value is 5.63. The molecule has 0 heterocycles. The van der Waals surface area contributed by atoms with E-state index in [0.717, 1.165) is 9.80 Å². The first-order valence-corrected chi connectivity index (χ1v) is 21.1. The summed E-state index contributed by atoms with van der Waals surface area (Å²) in [5.41, 5.74) is 0. The molecule has 0 saturated heterocycles. The van der Waals surface area contributed by atoms with Gasteiger partial charge in [0.15, 0.2) is 0 Å². The Morgan fingerprint density at radius 1 is 0.333 bits per heavy atom. The number of hydrogen-bond donors (Lipinski definition) is 5. The van der Waals surface area contributed by atoms with E-state index in [-0.39, 0.29) is 174 Å². The van der Waals surface area contributed by atoms with E-state index in [1.807, 2.05) is 0 Å². The normalized spacial score (nSPS) is 17.9. The standard InChI is InChI=1S/C17H44N3O15P5.5Na/c21-36(22,23)13-18(9-5-1-3-7-11-19(14-37(24,25)26)15-38(27,28)29)10-6-2-4-8-12-20(16-39(30,31)32)17-40(33,34)35;;;;;/h1-17H2,(H2,21,22,23)(H2,24,25,26)(H2,27,28,29)(H2,30,31,32)(H2,33,34,35);;;;;/q;5*+1/p-5. The van der Waals surface area contributed by atoms with Gasteiger partial charge in [0.2, 0.25) is 0 Å². The maximum Gasteiger partial charge on any atom is 1.00 e. The maximum absolute atomic E-state index is 11.4. The average Bonchev–Trinajstić information content (AvgIpc) is 2.66. The van der Waals surface area contributed by atoms with Gasteiger partial charge < -0.3 is 71.8 Å². The van der Waals surface area contributed by atoms with Crippen LogP contribution in [0, 0.1) is 0 Å². The van der Waals surface area contributed by atoms with Crippen LogP contribution < -0.4 is 172 Å². The Morgan fingerprint density at radius 3 is 0.667 bits per heavy atom. The van der Waals surface area contributed by atoms with Crippen molar-refractivity contribution in [2.45, 2.75) is 51.4 Å². The third-order valence-electron chi connectivity index (χ3n) is 5.29. The molecule has 0 amide bonds. The van der Waals surface area contributed by atoms with E-state index < -0.39 is 69.4 Å². The molecule has 0 radical (unpaired) electrons. The predicted molar refractivity (Wildman–Crippen MR) is 135 cm³/mol. The second-order valence-electron chi connectivity index (χ2n) is 9.63. The summed E-state index contributed by atoms with van der Waals surface area (Å²) < 4.78 is 55.6. The van der Waals surface area contributed by atoms with E-state index in [2.05, 4.69) is 0 Å². The Kier molecular flexibility index (Phi) is 43.0. The van der Waals surface area contributed by atoms with Gasteiger partial charge in [-0.25, -0.2) is 0 Å². The fourth-order valence-electron chi connectivity index (χ4n) is 3.94. The zero-order valence-corrected chi connectivity index (χ0v) is 41.4. The minimum atomic E-state index is -4.79.